The highest BCUT2D eigenvalue weighted by Gasteiger charge is 2.31. The first-order valence-electron chi connectivity index (χ1n) is 6.00. The summed E-state index contributed by atoms with van der Waals surface area (Å²) in [4.78, 5) is 15.6. The second-order valence-electron chi connectivity index (χ2n) is 4.66. The van der Waals surface area contributed by atoms with Crippen molar-refractivity contribution in [3.63, 3.8) is 0 Å². The number of hydrogen-bond donors (Lipinski definition) is 1. The third kappa shape index (κ3) is 2.80. The third-order valence-electron chi connectivity index (χ3n) is 3.07. The van der Waals surface area contributed by atoms with Gasteiger partial charge in [0.25, 0.3) is 5.56 Å². The maximum absolute atomic E-state index is 12.6. The lowest BCUT2D eigenvalue weighted by Gasteiger charge is -2.04. The summed E-state index contributed by atoms with van der Waals surface area (Å²) in [6.45, 7) is 4.03. The molecule has 2 aromatic rings. The molecule has 0 aliphatic rings. The van der Waals surface area contributed by atoms with Crippen molar-refractivity contribution in [2.24, 2.45) is 5.92 Å². The molecule has 0 saturated carbocycles. The molecule has 0 aliphatic heterocycles. The Balaban J connectivity index is 2.48. The van der Waals surface area contributed by atoms with E-state index >= 15 is 0 Å². The number of nitrogens with zero attached hydrogens (tertiary/aromatic N) is 2. The molecule has 1 N–H and O–H groups in total. The van der Waals surface area contributed by atoms with Crippen LogP contribution in [0.15, 0.2) is 16.9 Å². The minimum Gasteiger partial charge on any atom is -0.276 e. The Morgan fingerprint density at radius 2 is 2.11 bits per heavy atom. The maximum atomic E-state index is 12.6. The van der Waals surface area contributed by atoms with Crippen molar-refractivity contribution in [2.45, 2.75) is 32.9 Å². The van der Waals surface area contributed by atoms with Gasteiger partial charge in [0.2, 0.25) is 0 Å². The van der Waals surface area contributed by atoms with E-state index in [1.54, 1.807) is 0 Å². The topological polar surface area (TPSA) is 50.2 Å². The SMILES string of the molecule is CCC(C)Cc1nc2cc(C(F)(F)F)cc(=O)n2[nH]1. The summed E-state index contributed by atoms with van der Waals surface area (Å²) in [6, 6.07) is 1.44. The van der Waals surface area contributed by atoms with E-state index in [0.29, 0.717) is 24.2 Å². The number of hydrogen-bond acceptors (Lipinski definition) is 2. The Hall–Kier alpha value is -1.79. The fourth-order valence-corrected chi connectivity index (χ4v) is 1.77. The molecule has 1 atom stereocenters. The second-order valence-corrected chi connectivity index (χ2v) is 4.66. The highest BCUT2D eigenvalue weighted by Crippen LogP contribution is 2.28. The van der Waals surface area contributed by atoms with Crippen LogP contribution in [-0.2, 0) is 12.6 Å². The van der Waals surface area contributed by atoms with Crippen LogP contribution in [0.3, 0.4) is 0 Å². The lowest BCUT2D eigenvalue weighted by Crippen LogP contribution is -2.17. The van der Waals surface area contributed by atoms with Gasteiger partial charge in [0, 0.05) is 12.5 Å². The van der Waals surface area contributed by atoms with Crippen LogP contribution in [-0.4, -0.2) is 14.6 Å². The molecule has 19 heavy (non-hydrogen) atoms. The number of alkyl halides is 3. The smallest absolute Gasteiger partial charge is 0.276 e. The summed E-state index contributed by atoms with van der Waals surface area (Å²) in [7, 11) is 0. The van der Waals surface area contributed by atoms with Crippen LogP contribution in [0, 0.1) is 5.92 Å². The molecular weight excluding hydrogens is 259 g/mol. The molecular formula is C12H14F3N3O. The standard InChI is InChI=1S/C12H14F3N3O/c1-3-7(2)4-9-16-10-5-8(12(13,14)15)6-11(19)18(10)17-9/h5-7H,3-4H2,1-2H3,(H,16,17). The summed E-state index contributed by atoms with van der Waals surface area (Å²) in [5.74, 6) is 0.865. The fourth-order valence-electron chi connectivity index (χ4n) is 1.77. The van der Waals surface area contributed by atoms with Gasteiger partial charge in [-0.25, -0.2) is 9.50 Å². The number of aromatic amines is 1. The molecule has 0 bridgehead atoms. The van der Waals surface area contributed by atoms with Gasteiger partial charge in [-0.3, -0.25) is 9.89 Å². The van der Waals surface area contributed by atoms with Crippen LogP contribution in [0.4, 0.5) is 13.2 Å². The highest BCUT2D eigenvalue weighted by molar-refractivity contribution is 5.41. The minimum atomic E-state index is -4.54. The molecule has 0 amide bonds. The molecule has 2 rings (SSSR count). The van der Waals surface area contributed by atoms with E-state index in [2.05, 4.69) is 10.1 Å². The average molecular weight is 273 g/mol. The molecule has 0 aliphatic carbocycles. The monoisotopic (exact) mass is 273 g/mol. The van der Waals surface area contributed by atoms with Crippen molar-refractivity contribution < 1.29 is 13.2 Å². The van der Waals surface area contributed by atoms with Gasteiger partial charge in [-0.2, -0.15) is 13.2 Å². The molecule has 0 fully saturated rings. The molecule has 0 saturated heterocycles. The highest BCUT2D eigenvalue weighted by atomic mass is 19.4. The minimum absolute atomic E-state index is 0.00173. The Bertz CT molecular complexity index is 642. The van der Waals surface area contributed by atoms with E-state index in [1.807, 2.05) is 13.8 Å². The predicted octanol–water partition coefficient (Wildman–Crippen LogP) is 2.63. The first-order chi connectivity index (χ1) is 8.81. The first-order valence-corrected chi connectivity index (χ1v) is 6.00. The van der Waals surface area contributed by atoms with E-state index in [9.17, 15) is 18.0 Å². The molecule has 2 heterocycles. The van der Waals surface area contributed by atoms with E-state index in [1.165, 1.54) is 0 Å². The summed E-state index contributed by atoms with van der Waals surface area (Å²) in [5.41, 5.74) is -1.73. The van der Waals surface area contributed by atoms with Crippen LogP contribution in [0.25, 0.3) is 5.65 Å². The zero-order chi connectivity index (χ0) is 14.2. The van der Waals surface area contributed by atoms with Gasteiger partial charge < -0.3 is 0 Å². The molecule has 4 nitrogen and oxygen atoms in total. The Morgan fingerprint density at radius 1 is 1.42 bits per heavy atom. The van der Waals surface area contributed by atoms with Gasteiger partial charge in [0.15, 0.2) is 5.65 Å². The van der Waals surface area contributed by atoms with Crippen molar-refractivity contribution in [1.82, 2.24) is 14.6 Å². The van der Waals surface area contributed by atoms with Crippen LogP contribution >= 0.6 is 0 Å². The molecule has 2 aromatic heterocycles. The second kappa shape index (κ2) is 4.71. The van der Waals surface area contributed by atoms with Crippen molar-refractivity contribution >= 4 is 5.65 Å². The van der Waals surface area contributed by atoms with Gasteiger partial charge in [-0.15, -0.1) is 0 Å². The van der Waals surface area contributed by atoms with Crippen LogP contribution in [0.5, 0.6) is 0 Å². The summed E-state index contributed by atoms with van der Waals surface area (Å²) < 4.78 is 38.8. The van der Waals surface area contributed by atoms with Crippen molar-refractivity contribution in [1.29, 1.82) is 0 Å². The van der Waals surface area contributed by atoms with E-state index in [4.69, 9.17) is 0 Å². The van der Waals surface area contributed by atoms with E-state index < -0.39 is 17.3 Å². The summed E-state index contributed by atoms with van der Waals surface area (Å²) in [6.07, 6.45) is -3.01. The molecule has 0 radical (unpaired) electrons. The first kappa shape index (κ1) is 13.6. The number of fused-ring (bicyclic) bond motifs is 1. The van der Waals surface area contributed by atoms with Gasteiger partial charge in [0.1, 0.15) is 5.82 Å². The zero-order valence-corrected chi connectivity index (χ0v) is 10.6. The van der Waals surface area contributed by atoms with Gasteiger partial charge >= 0.3 is 6.18 Å². The Kier molecular flexibility index (Phi) is 3.38. The lowest BCUT2D eigenvalue weighted by molar-refractivity contribution is -0.137. The number of rotatable bonds is 3. The predicted molar refractivity (Wildman–Crippen MR) is 64.0 cm³/mol. The Labute approximate surface area is 107 Å². The quantitative estimate of drug-likeness (QED) is 0.934. The van der Waals surface area contributed by atoms with Crippen molar-refractivity contribution in [2.75, 3.05) is 0 Å². The van der Waals surface area contributed by atoms with Crippen LogP contribution < -0.4 is 5.56 Å². The molecule has 104 valence electrons. The zero-order valence-electron chi connectivity index (χ0n) is 10.6. The number of nitrogens with one attached hydrogen (secondary N) is 1. The van der Waals surface area contributed by atoms with Gasteiger partial charge in [-0.1, -0.05) is 20.3 Å². The van der Waals surface area contributed by atoms with Crippen LogP contribution in [0.2, 0.25) is 0 Å². The third-order valence-corrected chi connectivity index (χ3v) is 3.07. The fraction of sp³-hybridized carbons (Fsp3) is 0.500. The largest absolute Gasteiger partial charge is 0.416 e. The van der Waals surface area contributed by atoms with Crippen molar-refractivity contribution in [3.8, 4) is 0 Å². The summed E-state index contributed by atoms with van der Waals surface area (Å²) >= 11 is 0. The van der Waals surface area contributed by atoms with Crippen LogP contribution in [0.1, 0.15) is 31.7 Å². The maximum Gasteiger partial charge on any atom is 0.416 e. The van der Waals surface area contributed by atoms with E-state index in [-0.39, 0.29) is 5.65 Å². The molecule has 7 heteroatoms. The molecule has 1 unspecified atom stereocenters. The number of H-pyrrole nitrogens is 1. The molecule has 0 aromatic carbocycles. The lowest BCUT2D eigenvalue weighted by atomic mass is 10.1. The van der Waals surface area contributed by atoms with Gasteiger partial charge in [-0.05, 0) is 12.0 Å². The number of pyridine rings is 1. The Morgan fingerprint density at radius 3 is 2.68 bits per heavy atom. The van der Waals surface area contributed by atoms with E-state index in [0.717, 1.165) is 17.0 Å². The number of aromatic nitrogens is 3. The van der Waals surface area contributed by atoms with Gasteiger partial charge in [0.05, 0.1) is 5.56 Å². The average Bonchev–Trinajstić information content (AvgIpc) is 2.70. The summed E-state index contributed by atoms with van der Waals surface area (Å²) in [5, 5.41) is 2.73. The van der Waals surface area contributed by atoms with Crippen molar-refractivity contribution in [3.05, 3.63) is 33.9 Å². The number of halogens is 3. The molecule has 0 spiro atoms. The normalized spacial score (nSPS) is 13.9.